The van der Waals surface area contributed by atoms with E-state index in [9.17, 15) is 9.59 Å². The van der Waals surface area contributed by atoms with Crippen molar-refractivity contribution in [3.63, 3.8) is 0 Å². The molecule has 0 N–H and O–H groups in total. The molecule has 5 heteroatoms. The number of hydrogen-bond donors (Lipinski definition) is 0. The number of Topliss-reactive ketones (excluding diaryl/α,β-unsaturated/α-hetero) is 2. The zero-order valence-electron chi connectivity index (χ0n) is 12.1. The number of benzene rings is 1. The number of thiophene rings is 1. The minimum Gasteiger partial charge on any atom is -0.493 e. The van der Waals surface area contributed by atoms with Crippen LogP contribution in [0.1, 0.15) is 23.0 Å². The van der Waals surface area contributed by atoms with Crippen molar-refractivity contribution in [2.45, 2.75) is 13.3 Å². The first-order chi connectivity index (χ1) is 10.0. The first kappa shape index (κ1) is 14.1. The zero-order valence-corrected chi connectivity index (χ0v) is 13.0. The van der Waals surface area contributed by atoms with Gasteiger partial charge in [0.25, 0.3) is 0 Å². The van der Waals surface area contributed by atoms with Gasteiger partial charge in [0, 0.05) is 22.6 Å². The van der Waals surface area contributed by atoms with E-state index in [-0.39, 0.29) is 23.4 Å². The van der Waals surface area contributed by atoms with Crippen LogP contribution >= 0.6 is 11.3 Å². The van der Waals surface area contributed by atoms with E-state index in [0.29, 0.717) is 22.8 Å². The first-order valence-electron chi connectivity index (χ1n) is 6.75. The Hall–Kier alpha value is -1.88. The topological polar surface area (TPSA) is 52.6 Å². The quantitative estimate of drug-likeness (QED) is 0.795. The molecule has 1 aliphatic carbocycles. The summed E-state index contributed by atoms with van der Waals surface area (Å²) < 4.78 is 11.5. The normalized spacial score (nSPS) is 20.3. The standard InChI is InChI=1S/C16H16O4S/c1-8(17)10-6-11(10)16(18)15-5-9-4-12(19-2)13(20-3)7-14(9)21-15/h4-5,7,10-11H,6H2,1-3H3. The fourth-order valence-corrected chi connectivity index (χ4v) is 3.68. The second kappa shape index (κ2) is 5.15. The van der Waals surface area contributed by atoms with Gasteiger partial charge in [-0.15, -0.1) is 11.3 Å². The minimum atomic E-state index is -0.126. The van der Waals surface area contributed by atoms with Crippen molar-refractivity contribution in [1.29, 1.82) is 0 Å². The van der Waals surface area contributed by atoms with Crippen LogP contribution in [0.2, 0.25) is 0 Å². The maximum Gasteiger partial charge on any atom is 0.176 e. The van der Waals surface area contributed by atoms with Crippen LogP contribution in [-0.2, 0) is 4.79 Å². The number of ketones is 2. The van der Waals surface area contributed by atoms with Crippen LogP contribution in [0.25, 0.3) is 10.1 Å². The van der Waals surface area contributed by atoms with Gasteiger partial charge < -0.3 is 9.47 Å². The number of carbonyl (C=O) groups is 2. The summed E-state index contributed by atoms with van der Waals surface area (Å²) in [6.45, 7) is 1.55. The van der Waals surface area contributed by atoms with Gasteiger partial charge in [-0.05, 0) is 30.9 Å². The van der Waals surface area contributed by atoms with Crippen LogP contribution in [0.5, 0.6) is 11.5 Å². The molecule has 0 saturated heterocycles. The van der Waals surface area contributed by atoms with Gasteiger partial charge >= 0.3 is 0 Å². The van der Waals surface area contributed by atoms with Gasteiger partial charge in [-0.3, -0.25) is 9.59 Å². The molecule has 2 unspecified atom stereocenters. The summed E-state index contributed by atoms with van der Waals surface area (Å²) in [5, 5.41) is 0.959. The highest BCUT2D eigenvalue weighted by molar-refractivity contribution is 7.20. The fourth-order valence-electron chi connectivity index (χ4n) is 2.60. The number of hydrogen-bond acceptors (Lipinski definition) is 5. The molecule has 1 aromatic heterocycles. The Morgan fingerprint density at radius 3 is 2.33 bits per heavy atom. The van der Waals surface area contributed by atoms with E-state index in [0.717, 1.165) is 10.1 Å². The number of fused-ring (bicyclic) bond motifs is 1. The molecular formula is C16H16O4S. The lowest BCUT2D eigenvalue weighted by atomic mass is 10.1. The highest BCUT2D eigenvalue weighted by Gasteiger charge is 2.46. The second-order valence-electron chi connectivity index (χ2n) is 5.28. The molecule has 1 aliphatic rings. The van der Waals surface area contributed by atoms with Gasteiger partial charge in [0.2, 0.25) is 0 Å². The Balaban J connectivity index is 1.94. The Labute approximate surface area is 126 Å². The maximum absolute atomic E-state index is 12.4. The number of rotatable bonds is 5. The summed E-state index contributed by atoms with van der Waals surface area (Å²) in [5.41, 5.74) is 0. The molecule has 1 aromatic carbocycles. The highest BCUT2D eigenvalue weighted by atomic mass is 32.1. The van der Waals surface area contributed by atoms with Crippen molar-refractivity contribution in [2.75, 3.05) is 14.2 Å². The van der Waals surface area contributed by atoms with Crippen molar-refractivity contribution in [3.05, 3.63) is 23.1 Å². The molecule has 1 fully saturated rings. The van der Waals surface area contributed by atoms with Gasteiger partial charge in [-0.2, -0.15) is 0 Å². The molecule has 0 bridgehead atoms. The predicted octanol–water partition coefficient (Wildman–Crippen LogP) is 3.33. The van der Waals surface area contributed by atoms with E-state index in [4.69, 9.17) is 9.47 Å². The van der Waals surface area contributed by atoms with Crippen molar-refractivity contribution in [3.8, 4) is 11.5 Å². The second-order valence-corrected chi connectivity index (χ2v) is 6.36. The van der Waals surface area contributed by atoms with E-state index in [2.05, 4.69) is 0 Å². The molecule has 0 amide bonds. The summed E-state index contributed by atoms with van der Waals surface area (Å²) in [7, 11) is 3.18. The lowest BCUT2D eigenvalue weighted by Crippen LogP contribution is -2.04. The van der Waals surface area contributed by atoms with E-state index in [1.54, 1.807) is 21.1 Å². The van der Waals surface area contributed by atoms with Crippen molar-refractivity contribution >= 4 is 33.0 Å². The Kier molecular flexibility index (Phi) is 3.45. The monoisotopic (exact) mass is 304 g/mol. The Bertz CT molecular complexity index is 690. The first-order valence-corrected chi connectivity index (χ1v) is 7.57. The number of ether oxygens (including phenoxy) is 2. The van der Waals surface area contributed by atoms with Gasteiger partial charge in [0.05, 0.1) is 19.1 Å². The maximum atomic E-state index is 12.4. The lowest BCUT2D eigenvalue weighted by Gasteiger charge is -2.06. The molecule has 0 radical (unpaired) electrons. The van der Waals surface area contributed by atoms with Gasteiger partial charge in [0.15, 0.2) is 17.3 Å². The molecule has 1 heterocycles. The van der Waals surface area contributed by atoms with Crippen LogP contribution in [0, 0.1) is 11.8 Å². The average Bonchev–Trinajstić information content (AvgIpc) is 3.18. The summed E-state index contributed by atoms with van der Waals surface area (Å²) in [4.78, 5) is 24.4. The molecule has 110 valence electrons. The molecule has 3 rings (SSSR count). The molecule has 0 spiro atoms. The summed E-state index contributed by atoms with van der Waals surface area (Å²) >= 11 is 1.44. The van der Waals surface area contributed by atoms with Gasteiger partial charge in [0.1, 0.15) is 5.78 Å². The molecular weight excluding hydrogens is 288 g/mol. The molecule has 2 aromatic rings. The van der Waals surface area contributed by atoms with Crippen molar-refractivity contribution < 1.29 is 19.1 Å². The third-order valence-electron chi connectivity index (χ3n) is 3.91. The Morgan fingerprint density at radius 2 is 1.76 bits per heavy atom. The molecule has 2 atom stereocenters. The molecule has 1 saturated carbocycles. The van der Waals surface area contributed by atoms with Crippen LogP contribution in [0.3, 0.4) is 0 Å². The van der Waals surface area contributed by atoms with Crippen molar-refractivity contribution in [2.24, 2.45) is 11.8 Å². The SMILES string of the molecule is COc1cc2cc(C(=O)C3CC3C(C)=O)sc2cc1OC. The third-order valence-corrected chi connectivity index (χ3v) is 5.03. The fraction of sp³-hybridized carbons (Fsp3) is 0.375. The molecule has 21 heavy (non-hydrogen) atoms. The smallest absolute Gasteiger partial charge is 0.176 e. The number of carbonyl (C=O) groups excluding carboxylic acids is 2. The van der Waals surface area contributed by atoms with E-state index in [1.165, 1.54) is 11.3 Å². The summed E-state index contributed by atoms with van der Waals surface area (Å²) in [5.74, 6) is 1.28. The predicted molar refractivity (Wildman–Crippen MR) is 81.5 cm³/mol. The largest absolute Gasteiger partial charge is 0.493 e. The molecule has 4 nitrogen and oxygen atoms in total. The number of methoxy groups -OCH3 is 2. The van der Waals surface area contributed by atoms with Crippen LogP contribution < -0.4 is 9.47 Å². The van der Waals surface area contributed by atoms with Gasteiger partial charge in [-0.1, -0.05) is 0 Å². The van der Waals surface area contributed by atoms with E-state index < -0.39 is 0 Å². The zero-order chi connectivity index (χ0) is 15.1. The minimum absolute atomic E-state index is 0.0771. The summed E-state index contributed by atoms with van der Waals surface area (Å²) in [6.07, 6.45) is 0.690. The van der Waals surface area contributed by atoms with Gasteiger partial charge in [-0.25, -0.2) is 0 Å². The van der Waals surface area contributed by atoms with Crippen molar-refractivity contribution in [1.82, 2.24) is 0 Å². The van der Waals surface area contributed by atoms with Crippen LogP contribution in [-0.4, -0.2) is 25.8 Å². The summed E-state index contributed by atoms with van der Waals surface area (Å²) in [6, 6.07) is 5.63. The third kappa shape index (κ3) is 2.42. The van der Waals surface area contributed by atoms with Crippen LogP contribution in [0.4, 0.5) is 0 Å². The highest BCUT2D eigenvalue weighted by Crippen LogP contribution is 2.44. The van der Waals surface area contributed by atoms with E-state index >= 15 is 0 Å². The average molecular weight is 304 g/mol. The Morgan fingerprint density at radius 1 is 1.10 bits per heavy atom. The lowest BCUT2D eigenvalue weighted by molar-refractivity contribution is -0.118. The molecule has 0 aliphatic heterocycles. The van der Waals surface area contributed by atoms with E-state index in [1.807, 2.05) is 18.2 Å². The van der Waals surface area contributed by atoms with Crippen LogP contribution in [0.15, 0.2) is 18.2 Å².